The number of nitrogens with one attached hydrogen (secondary N) is 1. The molecule has 1 N–H and O–H groups in total. The lowest BCUT2D eigenvalue weighted by molar-refractivity contribution is -0.137. The van der Waals surface area contributed by atoms with Crippen LogP contribution in [0.2, 0.25) is 0 Å². The highest BCUT2D eigenvalue weighted by Crippen LogP contribution is 2.31. The van der Waals surface area contributed by atoms with E-state index in [9.17, 15) is 22.8 Å². The van der Waals surface area contributed by atoms with Gasteiger partial charge in [0.15, 0.2) is 0 Å². The van der Waals surface area contributed by atoms with Gasteiger partial charge >= 0.3 is 6.18 Å². The van der Waals surface area contributed by atoms with E-state index in [0.717, 1.165) is 28.9 Å². The maximum Gasteiger partial charge on any atom is 0.416 e. The van der Waals surface area contributed by atoms with Crippen LogP contribution in [-0.4, -0.2) is 18.4 Å². The molecule has 1 saturated heterocycles. The lowest BCUT2D eigenvalue weighted by atomic mass is 10.1. The van der Waals surface area contributed by atoms with Crippen LogP contribution in [0.25, 0.3) is 0 Å². The molecule has 1 aliphatic rings. The number of amides is 2. The highest BCUT2D eigenvalue weighted by molar-refractivity contribution is 6.03. The summed E-state index contributed by atoms with van der Waals surface area (Å²) < 4.78 is 37.8. The quantitative estimate of drug-likeness (QED) is 0.868. The Bertz CT molecular complexity index is 856. The molecule has 2 aromatic carbocycles. The summed E-state index contributed by atoms with van der Waals surface area (Å²) in [7, 11) is 0. The Balaban J connectivity index is 1.69. The van der Waals surface area contributed by atoms with Crippen LogP contribution in [0.15, 0.2) is 42.5 Å². The fourth-order valence-corrected chi connectivity index (χ4v) is 3.23. The zero-order valence-electron chi connectivity index (χ0n) is 14.9. The van der Waals surface area contributed by atoms with Crippen molar-refractivity contribution < 1.29 is 22.8 Å². The Labute approximate surface area is 155 Å². The number of hydrogen-bond acceptors (Lipinski definition) is 2. The standard InChI is InChI=1S/C20H19F3N2O2/c1-12-7-13(2)9-17(8-12)25-11-14(10-18(25)26)19(27)24-16-5-3-15(4-6-16)20(21,22)23/h3-9,14H,10-11H2,1-2H3,(H,24,27). The molecule has 3 rings (SSSR count). The number of carbonyl (C=O) groups excluding carboxylic acids is 2. The molecule has 7 heteroatoms. The molecule has 1 fully saturated rings. The number of carbonyl (C=O) groups is 2. The molecule has 1 heterocycles. The van der Waals surface area contributed by atoms with Gasteiger partial charge in [0, 0.05) is 24.3 Å². The molecule has 1 aliphatic heterocycles. The first kappa shape index (κ1) is 18.9. The summed E-state index contributed by atoms with van der Waals surface area (Å²) in [6.07, 6.45) is -4.35. The topological polar surface area (TPSA) is 49.4 Å². The van der Waals surface area contributed by atoms with Gasteiger partial charge in [-0.25, -0.2) is 0 Å². The van der Waals surface area contributed by atoms with Gasteiger partial charge < -0.3 is 10.2 Å². The molecule has 0 spiro atoms. The summed E-state index contributed by atoms with van der Waals surface area (Å²) >= 11 is 0. The Hall–Kier alpha value is -2.83. The van der Waals surface area contributed by atoms with Crippen molar-refractivity contribution in [2.45, 2.75) is 26.4 Å². The third-order valence-corrected chi connectivity index (χ3v) is 4.49. The van der Waals surface area contributed by atoms with Crippen molar-refractivity contribution in [3.63, 3.8) is 0 Å². The molecule has 0 saturated carbocycles. The lowest BCUT2D eigenvalue weighted by Gasteiger charge is -2.18. The minimum atomic E-state index is -4.42. The number of rotatable bonds is 3. The molecule has 0 bridgehead atoms. The Morgan fingerprint density at radius 3 is 2.22 bits per heavy atom. The van der Waals surface area contributed by atoms with Crippen molar-refractivity contribution in [3.05, 3.63) is 59.2 Å². The van der Waals surface area contributed by atoms with Gasteiger partial charge in [-0.05, 0) is 61.4 Å². The lowest BCUT2D eigenvalue weighted by Crippen LogP contribution is -2.28. The highest BCUT2D eigenvalue weighted by atomic mass is 19.4. The fourth-order valence-electron chi connectivity index (χ4n) is 3.23. The maximum absolute atomic E-state index is 12.6. The molecule has 1 atom stereocenters. The first-order chi connectivity index (χ1) is 12.6. The summed E-state index contributed by atoms with van der Waals surface area (Å²) in [6.45, 7) is 4.12. The molecule has 4 nitrogen and oxygen atoms in total. The normalized spacial score (nSPS) is 17.3. The van der Waals surface area contributed by atoms with Crippen molar-refractivity contribution in [2.24, 2.45) is 5.92 Å². The maximum atomic E-state index is 12.6. The summed E-state index contributed by atoms with van der Waals surface area (Å²) in [5.41, 5.74) is 2.29. The van der Waals surface area contributed by atoms with Crippen molar-refractivity contribution in [1.82, 2.24) is 0 Å². The summed E-state index contributed by atoms with van der Waals surface area (Å²) in [5, 5.41) is 2.59. The van der Waals surface area contributed by atoms with E-state index in [4.69, 9.17) is 0 Å². The van der Waals surface area contributed by atoms with E-state index >= 15 is 0 Å². The van der Waals surface area contributed by atoms with E-state index in [1.54, 1.807) is 4.90 Å². The van der Waals surface area contributed by atoms with Crippen molar-refractivity contribution in [2.75, 3.05) is 16.8 Å². The monoisotopic (exact) mass is 376 g/mol. The fraction of sp³-hybridized carbons (Fsp3) is 0.300. The van der Waals surface area contributed by atoms with Crippen LogP contribution < -0.4 is 10.2 Å². The zero-order valence-corrected chi connectivity index (χ0v) is 14.9. The smallest absolute Gasteiger partial charge is 0.326 e. The van der Waals surface area contributed by atoms with Gasteiger partial charge in [-0.1, -0.05) is 6.07 Å². The number of hydrogen-bond donors (Lipinski definition) is 1. The van der Waals surface area contributed by atoms with Crippen LogP contribution in [-0.2, 0) is 15.8 Å². The predicted molar refractivity (Wildman–Crippen MR) is 96.4 cm³/mol. The second-order valence-electron chi connectivity index (χ2n) is 6.82. The minimum absolute atomic E-state index is 0.0689. The number of halogens is 3. The third-order valence-electron chi connectivity index (χ3n) is 4.49. The molecule has 1 unspecified atom stereocenters. The number of anilines is 2. The minimum Gasteiger partial charge on any atom is -0.326 e. The third kappa shape index (κ3) is 4.30. The molecule has 27 heavy (non-hydrogen) atoms. The van der Waals surface area contributed by atoms with Gasteiger partial charge in [0.1, 0.15) is 0 Å². The van der Waals surface area contributed by atoms with Crippen LogP contribution in [0.3, 0.4) is 0 Å². The molecule has 0 radical (unpaired) electrons. The van der Waals surface area contributed by atoms with E-state index < -0.39 is 17.7 Å². The van der Waals surface area contributed by atoms with Gasteiger partial charge in [-0.3, -0.25) is 9.59 Å². The Kier molecular flexibility index (Phi) is 4.95. The molecular weight excluding hydrogens is 357 g/mol. The Morgan fingerprint density at radius 2 is 1.67 bits per heavy atom. The number of alkyl halides is 3. The number of aryl methyl sites for hydroxylation is 2. The van der Waals surface area contributed by atoms with Crippen molar-refractivity contribution >= 4 is 23.2 Å². The van der Waals surface area contributed by atoms with E-state index in [1.165, 1.54) is 12.1 Å². The van der Waals surface area contributed by atoms with E-state index in [1.807, 2.05) is 32.0 Å². The van der Waals surface area contributed by atoms with Crippen molar-refractivity contribution in [3.8, 4) is 0 Å². The second kappa shape index (κ2) is 7.06. The van der Waals surface area contributed by atoms with Crippen LogP contribution in [0.4, 0.5) is 24.5 Å². The molecule has 0 aromatic heterocycles. The first-order valence-electron chi connectivity index (χ1n) is 8.50. The molecule has 142 valence electrons. The summed E-state index contributed by atoms with van der Waals surface area (Å²) in [4.78, 5) is 26.4. The van der Waals surface area contributed by atoms with Gasteiger partial charge in [-0.2, -0.15) is 13.2 Å². The molecule has 2 amide bonds. The van der Waals surface area contributed by atoms with Crippen LogP contribution in [0.5, 0.6) is 0 Å². The summed E-state index contributed by atoms with van der Waals surface area (Å²) in [5.74, 6) is -1.08. The highest BCUT2D eigenvalue weighted by Gasteiger charge is 2.35. The van der Waals surface area contributed by atoms with E-state index in [0.29, 0.717) is 0 Å². The number of nitrogens with zero attached hydrogens (tertiary/aromatic N) is 1. The van der Waals surface area contributed by atoms with Crippen LogP contribution in [0.1, 0.15) is 23.1 Å². The number of benzene rings is 2. The first-order valence-corrected chi connectivity index (χ1v) is 8.50. The summed E-state index contributed by atoms with van der Waals surface area (Å²) in [6, 6.07) is 10.0. The van der Waals surface area contributed by atoms with Gasteiger partial charge in [-0.15, -0.1) is 0 Å². The average molecular weight is 376 g/mol. The molecular formula is C20H19F3N2O2. The predicted octanol–water partition coefficient (Wildman–Crippen LogP) is 4.31. The average Bonchev–Trinajstić information content (AvgIpc) is 2.95. The zero-order chi connectivity index (χ0) is 19.8. The van der Waals surface area contributed by atoms with Gasteiger partial charge in [0.05, 0.1) is 11.5 Å². The molecule has 0 aliphatic carbocycles. The van der Waals surface area contributed by atoms with Crippen molar-refractivity contribution in [1.29, 1.82) is 0 Å². The van der Waals surface area contributed by atoms with E-state index in [-0.39, 0.29) is 30.5 Å². The Morgan fingerprint density at radius 1 is 1.07 bits per heavy atom. The van der Waals surface area contributed by atoms with E-state index in [2.05, 4.69) is 5.32 Å². The molecule has 2 aromatic rings. The van der Waals surface area contributed by atoms with Crippen LogP contribution in [0, 0.1) is 19.8 Å². The van der Waals surface area contributed by atoms with Gasteiger partial charge in [0.25, 0.3) is 0 Å². The second-order valence-corrected chi connectivity index (χ2v) is 6.82. The SMILES string of the molecule is Cc1cc(C)cc(N2CC(C(=O)Nc3ccc(C(F)(F)F)cc3)CC2=O)c1. The largest absolute Gasteiger partial charge is 0.416 e. The van der Waals surface area contributed by atoms with Gasteiger partial charge in [0.2, 0.25) is 11.8 Å². The van der Waals surface area contributed by atoms with Crippen LogP contribution >= 0.6 is 0 Å².